The predicted octanol–water partition coefficient (Wildman–Crippen LogP) is -3.38. The molecule has 0 radical (unpaired) electrons. The number of rotatable bonds is 3. The Morgan fingerprint density at radius 1 is 1.31 bits per heavy atom. The molecule has 0 aliphatic carbocycles. The molecule has 1 saturated heterocycles. The van der Waals surface area contributed by atoms with Gasteiger partial charge in [0.15, 0.2) is 0 Å². The van der Waals surface area contributed by atoms with Gasteiger partial charge in [-0.25, -0.2) is 8.42 Å². The zero-order valence-corrected chi connectivity index (χ0v) is 8.10. The van der Waals surface area contributed by atoms with Gasteiger partial charge >= 0.3 is 0 Å². The van der Waals surface area contributed by atoms with Crippen LogP contribution in [-0.2, 0) is 14.9 Å². The van der Waals surface area contributed by atoms with Crippen LogP contribution in [0.3, 0.4) is 0 Å². The molecule has 7 heteroatoms. The van der Waals surface area contributed by atoms with Gasteiger partial charge in [-0.1, -0.05) is 0 Å². The average Bonchev–Trinajstić information content (AvgIpc) is 2.02. The van der Waals surface area contributed by atoms with Crippen LogP contribution in [0, 0.1) is 0 Å². The molecule has 0 saturated carbocycles. The minimum atomic E-state index is -4.04. The molecule has 80 valence electrons. The third kappa shape index (κ3) is 5.94. The van der Waals surface area contributed by atoms with E-state index in [2.05, 4.69) is 0 Å². The lowest BCUT2D eigenvalue weighted by atomic mass is 10.4. The summed E-state index contributed by atoms with van der Waals surface area (Å²) in [5.41, 5.74) is 0. The van der Waals surface area contributed by atoms with Crippen molar-refractivity contribution < 1.29 is 28.1 Å². The number of nitrogens with one attached hydrogen (secondary N) is 1. The maximum absolute atomic E-state index is 10.3. The molecule has 0 spiro atoms. The van der Waals surface area contributed by atoms with Gasteiger partial charge in [0.1, 0.15) is 23.2 Å². The van der Waals surface area contributed by atoms with E-state index in [1.165, 1.54) is 0 Å². The van der Waals surface area contributed by atoms with Crippen molar-refractivity contribution in [1.82, 2.24) is 0 Å². The standard InChI is InChI=1S/C6H13NO4S.H2O/c8-12(9,10)6-3-7-1-4-11-5-2-7;/h1-6H2,(H,8,9,10);1H2. The molecule has 1 heterocycles. The zero-order valence-electron chi connectivity index (χ0n) is 7.28. The Hall–Kier alpha value is -0.210. The third-order valence-corrected chi connectivity index (χ3v) is 2.61. The zero-order chi connectivity index (χ0) is 9.03. The molecule has 3 N–H and O–H groups in total. The molecular weight excluding hydrogens is 198 g/mol. The number of quaternary nitrogens is 1. The summed E-state index contributed by atoms with van der Waals surface area (Å²) in [6.07, 6.45) is 0. The van der Waals surface area contributed by atoms with Crippen LogP contribution in [0.1, 0.15) is 0 Å². The van der Waals surface area contributed by atoms with Gasteiger partial charge in [-0.2, -0.15) is 0 Å². The van der Waals surface area contributed by atoms with Gasteiger partial charge in [-0.05, 0) is 0 Å². The quantitative estimate of drug-likeness (QED) is 0.494. The summed E-state index contributed by atoms with van der Waals surface area (Å²) >= 11 is 0. The second-order valence-electron chi connectivity index (χ2n) is 2.87. The lowest BCUT2D eigenvalue weighted by Gasteiger charge is -2.23. The van der Waals surface area contributed by atoms with E-state index in [9.17, 15) is 13.0 Å². The van der Waals surface area contributed by atoms with Gasteiger partial charge in [0.05, 0.1) is 25.5 Å². The van der Waals surface area contributed by atoms with Gasteiger partial charge in [0.25, 0.3) is 0 Å². The maximum atomic E-state index is 10.3. The van der Waals surface area contributed by atoms with Crippen molar-refractivity contribution >= 4 is 10.1 Å². The highest BCUT2D eigenvalue weighted by molar-refractivity contribution is 7.85. The lowest BCUT2D eigenvalue weighted by Crippen LogP contribution is -3.14. The number of hydrogen-bond donors (Lipinski definition) is 1. The summed E-state index contributed by atoms with van der Waals surface area (Å²) in [5, 5.41) is 0. The highest BCUT2D eigenvalue weighted by atomic mass is 32.2. The van der Waals surface area contributed by atoms with Crippen LogP contribution in [0.2, 0.25) is 0 Å². The minimum Gasteiger partial charge on any atom is -0.748 e. The fourth-order valence-corrected chi connectivity index (χ4v) is 1.72. The molecule has 0 unspecified atom stereocenters. The summed E-state index contributed by atoms with van der Waals surface area (Å²) in [6, 6.07) is 0. The SMILES string of the molecule is O.O=S(=O)([O-])CC[NH+]1CCOCC1. The predicted molar refractivity (Wildman–Crippen MR) is 44.6 cm³/mol. The summed E-state index contributed by atoms with van der Waals surface area (Å²) in [6.45, 7) is 3.34. The average molecular weight is 213 g/mol. The van der Waals surface area contributed by atoms with E-state index in [4.69, 9.17) is 4.74 Å². The molecule has 0 aromatic carbocycles. The molecule has 0 atom stereocenters. The van der Waals surface area contributed by atoms with Gasteiger partial charge in [-0.15, -0.1) is 0 Å². The molecule has 1 aliphatic rings. The van der Waals surface area contributed by atoms with E-state index < -0.39 is 10.1 Å². The van der Waals surface area contributed by atoms with Gasteiger partial charge in [0.2, 0.25) is 0 Å². The summed E-state index contributed by atoms with van der Waals surface area (Å²) in [7, 11) is -4.04. The normalized spacial score (nSPS) is 19.5. The lowest BCUT2D eigenvalue weighted by molar-refractivity contribution is -0.905. The van der Waals surface area contributed by atoms with Crippen molar-refractivity contribution in [1.29, 1.82) is 0 Å². The van der Waals surface area contributed by atoms with Crippen LogP contribution in [0.5, 0.6) is 0 Å². The van der Waals surface area contributed by atoms with E-state index in [0.717, 1.165) is 18.0 Å². The van der Waals surface area contributed by atoms with Crippen LogP contribution in [-0.4, -0.2) is 57.0 Å². The number of morpholine rings is 1. The Morgan fingerprint density at radius 2 is 1.85 bits per heavy atom. The Labute approximate surface area is 77.5 Å². The first kappa shape index (κ1) is 12.8. The fraction of sp³-hybridized carbons (Fsp3) is 1.00. The first-order chi connectivity index (χ1) is 5.58. The topological polar surface area (TPSA) is 102 Å². The maximum Gasteiger partial charge on any atom is 0.101 e. The molecule has 1 fully saturated rings. The molecule has 0 aromatic rings. The second-order valence-corrected chi connectivity index (χ2v) is 4.40. The van der Waals surface area contributed by atoms with Crippen molar-refractivity contribution in [2.24, 2.45) is 0 Å². The largest absolute Gasteiger partial charge is 0.748 e. The molecule has 0 bridgehead atoms. The molecule has 1 rings (SSSR count). The molecule has 1 aliphatic heterocycles. The first-order valence-corrected chi connectivity index (χ1v) is 5.50. The van der Waals surface area contributed by atoms with E-state index in [1.807, 2.05) is 0 Å². The van der Waals surface area contributed by atoms with Crippen molar-refractivity contribution in [2.75, 3.05) is 38.6 Å². The van der Waals surface area contributed by atoms with Crippen molar-refractivity contribution in [3.05, 3.63) is 0 Å². The smallest absolute Gasteiger partial charge is 0.101 e. The van der Waals surface area contributed by atoms with Crippen LogP contribution in [0.4, 0.5) is 0 Å². The molecule has 6 nitrogen and oxygen atoms in total. The van der Waals surface area contributed by atoms with Crippen molar-refractivity contribution in [3.8, 4) is 0 Å². The Balaban J connectivity index is 0.00000144. The van der Waals surface area contributed by atoms with Crippen LogP contribution in [0.25, 0.3) is 0 Å². The van der Waals surface area contributed by atoms with Crippen molar-refractivity contribution in [3.63, 3.8) is 0 Å². The molecule has 13 heavy (non-hydrogen) atoms. The number of hydrogen-bond acceptors (Lipinski definition) is 4. The third-order valence-electron chi connectivity index (χ3n) is 1.91. The van der Waals surface area contributed by atoms with E-state index in [1.54, 1.807) is 0 Å². The Morgan fingerprint density at radius 3 is 2.31 bits per heavy atom. The first-order valence-electron chi connectivity index (χ1n) is 3.93. The Kier molecular flexibility index (Phi) is 5.42. The van der Waals surface area contributed by atoms with Gasteiger partial charge in [-0.3, -0.25) is 0 Å². The highest BCUT2D eigenvalue weighted by Crippen LogP contribution is 1.79. The van der Waals surface area contributed by atoms with E-state index in [0.29, 0.717) is 19.8 Å². The van der Waals surface area contributed by atoms with Crippen LogP contribution in [0.15, 0.2) is 0 Å². The monoisotopic (exact) mass is 213 g/mol. The van der Waals surface area contributed by atoms with Crippen molar-refractivity contribution in [2.45, 2.75) is 0 Å². The summed E-state index contributed by atoms with van der Waals surface area (Å²) < 4.78 is 35.9. The van der Waals surface area contributed by atoms with Gasteiger partial charge in [0, 0.05) is 0 Å². The van der Waals surface area contributed by atoms with E-state index >= 15 is 0 Å². The van der Waals surface area contributed by atoms with E-state index in [-0.39, 0.29) is 11.2 Å². The van der Waals surface area contributed by atoms with Crippen LogP contribution >= 0.6 is 0 Å². The van der Waals surface area contributed by atoms with Gasteiger partial charge < -0.3 is 19.7 Å². The molecule has 0 aromatic heterocycles. The Bertz CT molecular complexity index is 221. The fourth-order valence-electron chi connectivity index (χ4n) is 1.18. The highest BCUT2D eigenvalue weighted by Gasteiger charge is 2.13. The number of ether oxygens (including phenoxy) is 1. The van der Waals surface area contributed by atoms with Crippen LogP contribution < -0.4 is 4.90 Å². The minimum absolute atomic E-state index is 0. The second kappa shape index (κ2) is 5.51. The summed E-state index contributed by atoms with van der Waals surface area (Å²) in [5.74, 6) is -0.262. The molecular formula is C6H15NO5S. The summed E-state index contributed by atoms with van der Waals surface area (Å²) in [4.78, 5) is 1.14. The molecule has 0 amide bonds.